The van der Waals surface area contributed by atoms with E-state index in [4.69, 9.17) is 5.10 Å². The van der Waals surface area contributed by atoms with Crippen LogP contribution in [-0.2, 0) is 22.9 Å². The highest BCUT2D eigenvalue weighted by atomic mass is 32.2. The molecule has 2 aromatic carbocycles. The van der Waals surface area contributed by atoms with Crippen molar-refractivity contribution in [3.05, 3.63) is 83.2 Å². The number of carbonyl (C=O) groups is 1. The zero-order valence-electron chi connectivity index (χ0n) is 24.6. The number of hydrogen-bond donors (Lipinski definition) is 1. The predicted octanol–water partition coefficient (Wildman–Crippen LogP) is 6.47. The van der Waals surface area contributed by atoms with Crippen molar-refractivity contribution in [2.45, 2.75) is 88.6 Å². The molecule has 2 amide bonds. The van der Waals surface area contributed by atoms with Crippen LogP contribution < -0.4 is 5.32 Å². The van der Waals surface area contributed by atoms with Gasteiger partial charge >= 0.3 is 6.03 Å². The molecule has 41 heavy (non-hydrogen) atoms. The van der Waals surface area contributed by atoms with Gasteiger partial charge in [0, 0.05) is 49.6 Å². The summed E-state index contributed by atoms with van der Waals surface area (Å²) in [6.07, 6.45) is 6.27. The van der Waals surface area contributed by atoms with E-state index in [0.717, 1.165) is 18.0 Å². The van der Waals surface area contributed by atoms with Gasteiger partial charge in [-0.2, -0.15) is 5.10 Å². The summed E-state index contributed by atoms with van der Waals surface area (Å²) in [6, 6.07) is 19.6. The number of likely N-dealkylation sites (tertiary alicyclic amines) is 1. The highest BCUT2D eigenvalue weighted by molar-refractivity contribution is 7.91. The largest absolute Gasteiger partial charge is 0.334 e. The number of nitrogens with one attached hydrogen (secondary N) is 1. The normalized spacial score (nSPS) is 20.4. The van der Waals surface area contributed by atoms with E-state index in [1.165, 1.54) is 49.1 Å². The molecule has 1 aliphatic heterocycles. The molecule has 2 atom stereocenters. The van der Waals surface area contributed by atoms with Crippen LogP contribution >= 0.6 is 0 Å². The Kier molecular flexibility index (Phi) is 9.17. The van der Waals surface area contributed by atoms with Gasteiger partial charge in [-0.3, -0.25) is 4.68 Å². The molecule has 2 heterocycles. The number of nitrogens with zero attached hydrogens (tertiary/aromatic N) is 3. The van der Waals surface area contributed by atoms with Crippen LogP contribution in [0.1, 0.15) is 93.1 Å². The molecule has 3 aliphatic rings. The smallest absolute Gasteiger partial charge is 0.317 e. The lowest BCUT2D eigenvalue weighted by molar-refractivity contribution is 0.207. The zero-order valence-corrected chi connectivity index (χ0v) is 25.4. The van der Waals surface area contributed by atoms with E-state index < -0.39 is 9.84 Å². The molecule has 2 unspecified atom stereocenters. The fraction of sp³-hybridized carbons (Fsp3) is 0.515. The molecule has 8 heteroatoms. The molecule has 1 saturated heterocycles. The molecule has 0 radical (unpaired) electrons. The first kappa shape index (κ1) is 29.4. The second-order valence-corrected chi connectivity index (χ2v) is 14.1. The SMILES string of the molecule is CCC.CCS(=O)(=O)c1ccc(CNC(=O)N2CC(c3ccccc3)C(c3cc(C4CC4)nn3CC3CC3)C2)cc1. The van der Waals surface area contributed by atoms with Crippen molar-refractivity contribution in [3.63, 3.8) is 0 Å². The molecule has 1 aromatic heterocycles. The Balaban J connectivity index is 0.00000108. The minimum absolute atomic E-state index is 0.0729. The number of carbonyl (C=O) groups excluding carboxylic acids is 1. The Labute approximate surface area is 245 Å². The van der Waals surface area contributed by atoms with Gasteiger partial charge in [-0.25, -0.2) is 13.2 Å². The Morgan fingerprint density at radius 2 is 1.59 bits per heavy atom. The molecule has 3 fully saturated rings. The van der Waals surface area contributed by atoms with E-state index in [9.17, 15) is 13.2 Å². The molecule has 2 saturated carbocycles. The summed E-state index contributed by atoms with van der Waals surface area (Å²) in [4.78, 5) is 15.6. The lowest BCUT2D eigenvalue weighted by atomic mass is 9.86. The van der Waals surface area contributed by atoms with Gasteiger partial charge < -0.3 is 10.2 Å². The third-order valence-corrected chi connectivity index (χ3v) is 10.0. The van der Waals surface area contributed by atoms with Gasteiger partial charge in [0.2, 0.25) is 0 Å². The molecule has 2 aliphatic carbocycles. The van der Waals surface area contributed by atoms with Gasteiger partial charge in [0.1, 0.15) is 0 Å². The van der Waals surface area contributed by atoms with Crippen molar-refractivity contribution in [2.75, 3.05) is 18.8 Å². The van der Waals surface area contributed by atoms with Gasteiger partial charge in [-0.05, 0) is 60.9 Å². The maximum absolute atomic E-state index is 13.3. The van der Waals surface area contributed by atoms with Crippen LogP contribution in [0.3, 0.4) is 0 Å². The third-order valence-electron chi connectivity index (χ3n) is 8.27. The number of sulfone groups is 1. The third kappa shape index (κ3) is 7.21. The van der Waals surface area contributed by atoms with E-state index in [2.05, 4.69) is 54.2 Å². The van der Waals surface area contributed by atoms with Gasteiger partial charge in [0.15, 0.2) is 9.84 Å². The Hall–Kier alpha value is -3.13. The first-order valence-corrected chi connectivity index (χ1v) is 16.9. The van der Waals surface area contributed by atoms with Crippen LogP contribution in [0.25, 0.3) is 0 Å². The van der Waals surface area contributed by atoms with Crippen molar-refractivity contribution in [3.8, 4) is 0 Å². The lowest BCUT2D eigenvalue weighted by Gasteiger charge is -2.20. The van der Waals surface area contributed by atoms with Crippen molar-refractivity contribution in [1.29, 1.82) is 0 Å². The van der Waals surface area contributed by atoms with E-state index in [0.29, 0.717) is 30.4 Å². The summed E-state index contributed by atoms with van der Waals surface area (Å²) >= 11 is 0. The van der Waals surface area contributed by atoms with Crippen LogP contribution in [0.4, 0.5) is 4.79 Å². The average molecular weight is 577 g/mol. The van der Waals surface area contributed by atoms with E-state index in [1.54, 1.807) is 31.2 Å². The fourth-order valence-electron chi connectivity index (χ4n) is 5.60. The quantitative estimate of drug-likeness (QED) is 0.316. The van der Waals surface area contributed by atoms with Crippen LogP contribution in [0.2, 0.25) is 0 Å². The number of rotatable bonds is 9. The molecule has 1 N–H and O–H groups in total. The van der Waals surface area contributed by atoms with Crippen LogP contribution in [0.5, 0.6) is 0 Å². The second-order valence-electron chi connectivity index (χ2n) is 11.8. The number of aromatic nitrogens is 2. The summed E-state index contributed by atoms with van der Waals surface area (Å²) in [7, 11) is -3.23. The number of benzene rings is 2. The predicted molar refractivity (Wildman–Crippen MR) is 163 cm³/mol. The van der Waals surface area contributed by atoms with E-state index in [-0.39, 0.29) is 23.6 Å². The standard InChI is InChI=1S/C30H36N4O3S.C3H8/c1-2-38(36,37)25-14-10-21(11-15-25)17-31-30(35)33-19-26(23-6-4-3-5-7-23)27(20-33)29-16-28(24-12-13-24)32-34(29)18-22-8-9-22;1-3-2/h3-7,10-11,14-16,22,24,26-27H,2,8-9,12-13,17-20H2,1H3,(H,31,35);3H2,1-2H3. The van der Waals surface area contributed by atoms with Gasteiger partial charge in [0.05, 0.1) is 16.3 Å². The van der Waals surface area contributed by atoms with Gasteiger partial charge in [-0.15, -0.1) is 0 Å². The van der Waals surface area contributed by atoms with Crippen molar-refractivity contribution >= 4 is 15.9 Å². The summed E-state index contributed by atoms with van der Waals surface area (Å²) in [5.41, 5.74) is 4.63. The molecule has 220 valence electrons. The molecule has 0 bridgehead atoms. The van der Waals surface area contributed by atoms with Crippen molar-refractivity contribution in [2.24, 2.45) is 5.92 Å². The number of hydrogen-bond acceptors (Lipinski definition) is 4. The highest BCUT2D eigenvalue weighted by Gasteiger charge is 2.40. The van der Waals surface area contributed by atoms with E-state index >= 15 is 0 Å². The lowest BCUT2D eigenvalue weighted by Crippen LogP contribution is -2.38. The Bertz CT molecular complexity index is 1410. The molecule has 0 spiro atoms. The molecular formula is C33H44N4O3S. The van der Waals surface area contributed by atoms with Crippen molar-refractivity contribution in [1.82, 2.24) is 20.0 Å². The van der Waals surface area contributed by atoms with Crippen LogP contribution in [0.15, 0.2) is 65.6 Å². The first-order valence-electron chi connectivity index (χ1n) is 15.3. The minimum Gasteiger partial charge on any atom is -0.334 e. The monoisotopic (exact) mass is 576 g/mol. The molecular weight excluding hydrogens is 532 g/mol. The summed E-state index contributed by atoms with van der Waals surface area (Å²) < 4.78 is 26.5. The zero-order chi connectivity index (χ0) is 29.0. The topological polar surface area (TPSA) is 84.3 Å². The second kappa shape index (κ2) is 12.8. The van der Waals surface area contributed by atoms with Crippen LogP contribution in [0, 0.1) is 5.92 Å². The minimum atomic E-state index is -3.23. The van der Waals surface area contributed by atoms with Crippen LogP contribution in [-0.4, -0.2) is 48.0 Å². The van der Waals surface area contributed by atoms with Gasteiger partial charge in [0.25, 0.3) is 0 Å². The Morgan fingerprint density at radius 1 is 0.927 bits per heavy atom. The van der Waals surface area contributed by atoms with Crippen molar-refractivity contribution < 1.29 is 13.2 Å². The summed E-state index contributed by atoms with van der Waals surface area (Å²) in [6.45, 7) is 8.53. The maximum Gasteiger partial charge on any atom is 0.317 e. The van der Waals surface area contributed by atoms with E-state index in [1.807, 2.05) is 11.0 Å². The molecule has 7 nitrogen and oxygen atoms in total. The van der Waals surface area contributed by atoms with Gasteiger partial charge in [-0.1, -0.05) is 69.7 Å². The highest BCUT2D eigenvalue weighted by Crippen LogP contribution is 2.45. The molecule has 6 rings (SSSR count). The molecule has 3 aromatic rings. The fourth-order valence-corrected chi connectivity index (χ4v) is 6.48. The maximum atomic E-state index is 13.3. The Morgan fingerprint density at radius 3 is 2.20 bits per heavy atom. The first-order chi connectivity index (χ1) is 19.8. The summed E-state index contributed by atoms with van der Waals surface area (Å²) in [5.74, 6) is 1.81. The average Bonchev–Trinajstić information content (AvgIpc) is 3.91. The number of amides is 2. The number of urea groups is 1. The summed E-state index contributed by atoms with van der Waals surface area (Å²) in [5, 5.41) is 8.12.